The topological polar surface area (TPSA) is 71.0 Å². The number of anilines is 1. The number of fused-ring (bicyclic) bond motifs is 1. The molecule has 0 radical (unpaired) electrons. The lowest BCUT2D eigenvalue weighted by Gasteiger charge is -2.16. The zero-order valence-corrected chi connectivity index (χ0v) is 11.9. The van der Waals surface area contributed by atoms with E-state index in [1.807, 2.05) is 0 Å². The van der Waals surface area contributed by atoms with Gasteiger partial charge in [-0.05, 0) is 38.1 Å². The Balaban J connectivity index is 1.66. The van der Waals surface area contributed by atoms with E-state index in [4.69, 9.17) is 4.74 Å². The number of nitrogens with zero attached hydrogens (tertiary/aromatic N) is 2. The highest BCUT2D eigenvalue weighted by Gasteiger charge is 2.21. The second-order valence-corrected chi connectivity index (χ2v) is 6.51. The van der Waals surface area contributed by atoms with Crippen molar-refractivity contribution in [3.63, 3.8) is 0 Å². The van der Waals surface area contributed by atoms with Crippen LogP contribution in [0.25, 0.3) is 0 Å². The highest BCUT2D eigenvalue weighted by atomic mass is 32.2. The lowest BCUT2D eigenvalue weighted by atomic mass is 10.3. The van der Waals surface area contributed by atoms with Crippen LogP contribution < -0.4 is 10.1 Å². The average Bonchev–Trinajstić information content (AvgIpc) is 2.92. The molecule has 1 fully saturated rings. The van der Waals surface area contributed by atoms with Crippen LogP contribution in [0.4, 0.5) is 5.69 Å². The molecule has 7 heteroatoms. The van der Waals surface area contributed by atoms with Crippen molar-refractivity contribution in [1.29, 1.82) is 0 Å². The van der Waals surface area contributed by atoms with Gasteiger partial charge in [0, 0.05) is 12.6 Å². The summed E-state index contributed by atoms with van der Waals surface area (Å²) in [6.45, 7) is 3.69. The van der Waals surface area contributed by atoms with Gasteiger partial charge >= 0.3 is 0 Å². The Morgan fingerprint density at radius 1 is 1.30 bits per heavy atom. The van der Waals surface area contributed by atoms with Gasteiger partial charge < -0.3 is 10.1 Å². The number of hydrogen-bond donors (Lipinski definition) is 1. The lowest BCUT2D eigenvalue weighted by molar-refractivity contribution is 0.237. The van der Waals surface area contributed by atoms with Crippen molar-refractivity contribution in [3.05, 3.63) is 18.2 Å². The van der Waals surface area contributed by atoms with Crippen LogP contribution >= 0.6 is 0 Å². The van der Waals surface area contributed by atoms with Gasteiger partial charge in [-0.1, -0.05) is 0 Å². The number of rotatable bonds is 4. The molecule has 2 aliphatic heterocycles. The van der Waals surface area contributed by atoms with Crippen LogP contribution in [0.1, 0.15) is 12.8 Å². The standard InChI is InChI=1S/C13H17N3O3S/c17-20(18)13-9-11(3-4-12(13)14-10-15-20)19-8-7-16-5-1-2-6-16/h3-4,9-10H,1-2,5-8H2,(H,14,15). The van der Waals surface area contributed by atoms with Crippen LogP contribution in [0.2, 0.25) is 0 Å². The van der Waals surface area contributed by atoms with Gasteiger partial charge in [0.1, 0.15) is 23.6 Å². The quantitative estimate of drug-likeness (QED) is 0.906. The molecule has 1 aromatic carbocycles. The molecule has 20 heavy (non-hydrogen) atoms. The zero-order valence-electron chi connectivity index (χ0n) is 11.1. The molecular formula is C13H17N3O3S. The van der Waals surface area contributed by atoms with E-state index < -0.39 is 10.0 Å². The first-order chi connectivity index (χ1) is 9.65. The van der Waals surface area contributed by atoms with E-state index in [9.17, 15) is 8.42 Å². The molecule has 1 N–H and O–H groups in total. The Labute approximate surface area is 118 Å². The third-order valence-electron chi connectivity index (χ3n) is 3.52. The Kier molecular flexibility index (Phi) is 3.62. The van der Waals surface area contributed by atoms with Crippen LogP contribution in [0.3, 0.4) is 0 Å². The van der Waals surface area contributed by atoms with Crippen LogP contribution in [-0.2, 0) is 10.0 Å². The van der Waals surface area contributed by atoms with E-state index in [1.165, 1.54) is 25.2 Å². The maximum absolute atomic E-state index is 11.8. The molecule has 0 aromatic heterocycles. The third kappa shape index (κ3) is 2.78. The molecule has 3 rings (SSSR count). The van der Waals surface area contributed by atoms with E-state index in [1.54, 1.807) is 12.1 Å². The molecule has 0 unspecified atom stereocenters. The van der Waals surface area contributed by atoms with Crippen molar-refractivity contribution in [2.24, 2.45) is 4.40 Å². The van der Waals surface area contributed by atoms with Gasteiger partial charge in [-0.2, -0.15) is 8.42 Å². The molecule has 2 aliphatic rings. The average molecular weight is 295 g/mol. The first-order valence-corrected chi connectivity index (χ1v) is 8.14. The van der Waals surface area contributed by atoms with E-state index in [-0.39, 0.29) is 4.90 Å². The van der Waals surface area contributed by atoms with E-state index in [0.29, 0.717) is 18.0 Å². The third-order valence-corrected chi connectivity index (χ3v) is 4.79. The predicted molar refractivity (Wildman–Crippen MR) is 76.9 cm³/mol. The summed E-state index contributed by atoms with van der Waals surface area (Å²) in [4.78, 5) is 2.51. The van der Waals surface area contributed by atoms with Gasteiger partial charge in [-0.25, -0.2) is 0 Å². The first kappa shape index (κ1) is 13.4. The minimum absolute atomic E-state index is 0.165. The molecular weight excluding hydrogens is 278 g/mol. The number of nitrogens with one attached hydrogen (secondary N) is 1. The molecule has 108 valence electrons. The number of ether oxygens (including phenoxy) is 1. The SMILES string of the molecule is O=S1(=O)N=CNc2ccc(OCCN3CCCC3)cc21. The van der Waals surface area contributed by atoms with E-state index in [0.717, 1.165) is 19.6 Å². The van der Waals surface area contributed by atoms with Crippen molar-refractivity contribution < 1.29 is 13.2 Å². The Hall–Kier alpha value is -1.60. The fraction of sp³-hybridized carbons (Fsp3) is 0.462. The Bertz CT molecular complexity index is 622. The van der Waals surface area contributed by atoms with E-state index >= 15 is 0 Å². The number of hydrogen-bond acceptors (Lipinski definition) is 5. The fourth-order valence-electron chi connectivity index (χ4n) is 2.45. The summed E-state index contributed by atoms with van der Waals surface area (Å²) >= 11 is 0. The largest absolute Gasteiger partial charge is 0.492 e. The Morgan fingerprint density at radius 2 is 2.10 bits per heavy atom. The van der Waals surface area contributed by atoms with Gasteiger partial charge in [-0.15, -0.1) is 4.40 Å². The summed E-state index contributed by atoms with van der Waals surface area (Å²) < 4.78 is 32.7. The van der Waals surface area contributed by atoms with Crippen LogP contribution in [0, 0.1) is 0 Å². The summed E-state index contributed by atoms with van der Waals surface area (Å²) in [6.07, 6.45) is 3.69. The molecule has 6 nitrogen and oxygen atoms in total. The second-order valence-electron chi connectivity index (χ2n) is 4.91. The summed E-state index contributed by atoms with van der Waals surface area (Å²) in [7, 11) is -3.59. The first-order valence-electron chi connectivity index (χ1n) is 6.70. The summed E-state index contributed by atoms with van der Waals surface area (Å²) in [5, 5.41) is 2.81. The van der Waals surface area contributed by atoms with Crippen molar-refractivity contribution in [2.75, 3.05) is 31.6 Å². The van der Waals surface area contributed by atoms with Gasteiger partial charge in [0.05, 0.1) is 5.69 Å². The van der Waals surface area contributed by atoms with Crippen molar-refractivity contribution in [1.82, 2.24) is 4.90 Å². The number of likely N-dealkylation sites (tertiary alicyclic amines) is 1. The lowest BCUT2D eigenvalue weighted by Crippen LogP contribution is -2.25. The van der Waals surface area contributed by atoms with Crippen molar-refractivity contribution in [2.45, 2.75) is 17.7 Å². The highest BCUT2D eigenvalue weighted by molar-refractivity contribution is 7.90. The molecule has 0 aliphatic carbocycles. The van der Waals surface area contributed by atoms with Gasteiger partial charge in [0.25, 0.3) is 10.0 Å². The van der Waals surface area contributed by atoms with E-state index in [2.05, 4.69) is 14.6 Å². The fourth-order valence-corrected chi connectivity index (χ4v) is 3.42. The van der Waals surface area contributed by atoms with Gasteiger partial charge in [-0.3, -0.25) is 4.90 Å². The second kappa shape index (κ2) is 5.41. The van der Waals surface area contributed by atoms with Crippen molar-refractivity contribution in [3.8, 4) is 5.75 Å². The number of benzene rings is 1. The molecule has 0 bridgehead atoms. The molecule has 2 heterocycles. The van der Waals surface area contributed by atoms with Crippen LogP contribution in [0.5, 0.6) is 5.75 Å². The van der Waals surface area contributed by atoms with Gasteiger partial charge in [0.15, 0.2) is 0 Å². The smallest absolute Gasteiger partial charge is 0.285 e. The molecule has 0 saturated carbocycles. The molecule has 1 saturated heterocycles. The Morgan fingerprint density at radius 3 is 2.90 bits per heavy atom. The minimum Gasteiger partial charge on any atom is -0.492 e. The number of sulfonamides is 1. The molecule has 1 aromatic rings. The molecule has 0 amide bonds. The minimum atomic E-state index is -3.59. The molecule has 0 atom stereocenters. The van der Waals surface area contributed by atoms with Crippen LogP contribution in [0.15, 0.2) is 27.5 Å². The summed E-state index contributed by atoms with van der Waals surface area (Å²) in [6, 6.07) is 4.99. The van der Waals surface area contributed by atoms with Gasteiger partial charge in [0.2, 0.25) is 0 Å². The molecule has 0 spiro atoms. The highest BCUT2D eigenvalue weighted by Crippen LogP contribution is 2.29. The maximum Gasteiger partial charge on any atom is 0.285 e. The predicted octanol–water partition coefficient (Wildman–Crippen LogP) is 1.30. The maximum atomic E-state index is 11.8. The van der Waals surface area contributed by atoms with Crippen molar-refractivity contribution >= 4 is 22.0 Å². The summed E-state index contributed by atoms with van der Waals surface area (Å²) in [5.74, 6) is 0.561. The zero-order chi connectivity index (χ0) is 14.0. The summed E-state index contributed by atoms with van der Waals surface area (Å²) in [5.41, 5.74) is 0.534. The monoisotopic (exact) mass is 295 g/mol. The van der Waals surface area contributed by atoms with Crippen LogP contribution in [-0.4, -0.2) is 45.9 Å². The normalized spacial score (nSPS) is 20.4.